The van der Waals surface area contributed by atoms with Crippen LogP contribution in [0.1, 0.15) is 132 Å². The van der Waals surface area contributed by atoms with Crippen molar-refractivity contribution in [1.82, 2.24) is 0 Å². The summed E-state index contributed by atoms with van der Waals surface area (Å²) in [6, 6.07) is 36.8. The van der Waals surface area contributed by atoms with E-state index in [9.17, 15) is 13.9 Å². The molecule has 0 aliphatic heterocycles. The van der Waals surface area contributed by atoms with E-state index < -0.39 is 34.3 Å². The summed E-state index contributed by atoms with van der Waals surface area (Å²) < 4.78 is 69.6. The fourth-order valence-electron chi connectivity index (χ4n) is 6.49. The fourth-order valence-corrected chi connectivity index (χ4v) is 8.97. The zero-order chi connectivity index (χ0) is 43.1. The second-order valence-electron chi connectivity index (χ2n) is 15.3. The number of rotatable bonds is 35. The third-order valence-corrected chi connectivity index (χ3v) is 12.8. The standard InChI is InChI=1S/C49H68O10P2/c1-2-3-4-5-6-7-8-9-10-11-12-13-14-15-28-37-49(50)53-42-48(59-61(52,56-40-46-33-24-18-25-34-46)57-41-47-35-26-19-27-36-47)43-58-60(51,54-38-44-29-20-16-21-30-44)55-39-45-31-22-17-23-32-45/h16-27,29-36,48H,2-15,28,37-43H2,1H3. The quantitative estimate of drug-likeness (QED) is 0.0251. The van der Waals surface area contributed by atoms with Crippen molar-refractivity contribution >= 4 is 21.6 Å². The Morgan fingerprint density at radius 2 is 0.754 bits per heavy atom. The first-order valence-electron chi connectivity index (χ1n) is 22.3. The summed E-state index contributed by atoms with van der Waals surface area (Å²) in [5.41, 5.74) is 2.99. The Morgan fingerprint density at radius 3 is 1.11 bits per heavy atom. The summed E-state index contributed by atoms with van der Waals surface area (Å²) in [5, 5.41) is 0. The summed E-state index contributed by atoms with van der Waals surface area (Å²) >= 11 is 0. The minimum absolute atomic E-state index is 0.0640. The summed E-state index contributed by atoms with van der Waals surface area (Å²) in [5.74, 6) is -0.433. The first kappa shape index (κ1) is 50.2. The number of carbonyl (C=O) groups excluding carboxylic acids is 1. The van der Waals surface area contributed by atoms with E-state index in [1.165, 1.54) is 70.6 Å². The van der Waals surface area contributed by atoms with Crippen LogP contribution in [-0.4, -0.2) is 25.3 Å². The van der Waals surface area contributed by atoms with Gasteiger partial charge in [0, 0.05) is 6.42 Å². The molecule has 0 bridgehead atoms. The second kappa shape index (κ2) is 30.6. The van der Waals surface area contributed by atoms with Gasteiger partial charge in [-0.1, -0.05) is 218 Å². The molecule has 0 amide bonds. The molecule has 1 unspecified atom stereocenters. The predicted octanol–water partition coefficient (Wildman–Crippen LogP) is 14.3. The number of benzene rings is 4. The van der Waals surface area contributed by atoms with E-state index in [-0.39, 0.29) is 39.5 Å². The topological polar surface area (TPSA) is 116 Å². The maximum atomic E-state index is 14.4. The van der Waals surface area contributed by atoms with Gasteiger partial charge in [0.05, 0.1) is 33.0 Å². The molecule has 0 saturated heterocycles. The van der Waals surface area contributed by atoms with Crippen molar-refractivity contribution in [3.8, 4) is 0 Å². The van der Waals surface area contributed by atoms with Crippen molar-refractivity contribution in [1.29, 1.82) is 0 Å². The molecule has 0 fully saturated rings. The maximum Gasteiger partial charge on any atom is 0.475 e. The number of phosphoric ester groups is 2. The molecule has 0 N–H and O–H groups in total. The monoisotopic (exact) mass is 878 g/mol. The number of esters is 1. The summed E-state index contributed by atoms with van der Waals surface area (Å²) in [6.07, 6.45) is 17.4. The zero-order valence-corrected chi connectivity index (χ0v) is 37.9. The van der Waals surface area contributed by atoms with Crippen molar-refractivity contribution in [3.05, 3.63) is 144 Å². The minimum Gasteiger partial charge on any atom is -0.463 e. The molecular formula is C49H68O10P2. The van der Waals surface area contributed by atoms with Gasteiger partial charge in [0.25, 0.3) is 0 Å². The highest BCUT2D eigenvalue weighted by molar-refractivity contribution is 7.48. The Kier molecular flexibility index (Phi) is 25.2. The van der Waals surface area contributed by atoms with Crippen LogP contribution in [0.4, 0.5) is 0 Å². The highest BCUT2D eigenvalue weighted by atomic mass is 31.2. The van der Waals surface area contributed by atoms with Gasteiger partial charge < -0.3 is 4.74 Å². The van der Waals surface area contributed by atoms with E-state index >= 15 is 0 Å². The van der Waals surface area contributed by atoms with Gasteiger partial charge in [0.1, 0.15) is 12.7 Å². The number of ether oxygens (including phenoxy) is 1. The van der Waals surface area contributed by atoms with E-state index in [2.05, 4.69) is 6.92 Å². The third-order valence-electron chi connectivity index (χ3n) is 10.0. The van der Waals surface area contributed by atoms with Crippen molar-refractivity contribution in [2.75, 3.05) is 13.2 Å². The third kappa shape index (κ3) is 23.0. The van der Waals surface area contributed by atoms with Crippen LogP contribution < -0.4 is 0 Å². The summed E-state index contributed by atoms with van der Waals surface area (Å²) in [7, 11) is -8.65. The lowest BCUT2D eigenvalue weighted by atomic mass is 10.0. The van der Waals surface area contributed by atoms with Crippen LogP contribution in [0.25, 0.3) is 0 Å². The van der Waals surface area contributed by atoms with Gasteiger partial charge in [0.2, 0.25) is 0 Å². The van der Waals surface area contributed by atoms with Crippen molar-refractivity contribution < 1.29 is 45.8 Å². The Hall–Kier alpha value is -3.43. The molecule has 4 aromatic rings. The lowest BCUT2D eigenvalue weighted by molar-refractivity contribution is -0.147. The van der Waals surface area contributed by atoms with Crippen LogP contribution in [0.2, 0.25) is 0 Å². The number of phosphoric acid groups is 2. The van der Waals surface area contributed by atoms with Crippen LogP contribution in [0.3, 0.4) is 0 Å². The average molecular weight is 879 g/mol. The molecule has 4 aromatic carbocycles. The lowest BCUT2D eigenvalue weighted by Gasteiger charge is -2.25. The van der Waals surface area contributed by atoms with Crippen LogP contribution >= 0.6 is 15.6 Å². The molecule has 0 spiro atoms. The van der Waals surface area contributed by atoms with Gasteiger partial charge in [-0.3, -0.25) is 31.9 Å². The molecule has 0 aliphatic rings. The van der Waals surface area contributed by atoms with Gasteiger partial charge in [-0.15, -0.1) is 0 Å². The molecule has 0 saturated carbocycles. The Balaban J connectivity index is 1.34. The summed E-state index contributed by atoms with van der Waals surface area (Å²) in [6.45, 7) is 1.10. The molecule has 0 heterocycles. The molecule has 61 heavy (non-hydrogen) atoms. The van der Waals surface area contributed by atoms with E-state index in [0.717, 1.165) is 41.5 Å². The predicted molar refractivity (Wildman–Crippen MR) is 241 cm³/mol. The molecule has 0 aliphatic carbocycles. The van der Waals surface area contributed by atoms with Gasteiger partial charge in [-0.05, 0) is 28.7 Å². The first-order chi connectivity index (χ1) is 29.8. The molecule has 4 rings (SSSR count). The second-order valence-corrected chi connectivity index (χ2v) is 18.6. The Bertz CT molecular complexity index is 1700. The van der Waals surface area contributed by atoms with Crippen molar-refractivity contribution in [2.24, 2.45) is 0 Å². The van der Waals surface area contributed by atoms with Gasteiger partial charge in [-0.25, -0.2) is 9.13 Å². The normalized spacial score (nSPS) is 12.3. The highest BCUT2D eigenvalue weighted by Gasteiger charge is 2.35. The van der Waals surface area contributed by atoms with Gasteiger partial charge in [0.15, 0.2) is 0 Å². The Labute approximate surface area is 365 Å². The smallest absolute Gasteiger partial charge is 0.463 e. The summed E-state index contributed by atoms with van der Waals surface area (Å²) in [4.78, 5) is 13.0. The zero-order valence-electron chi connectivity index (χ0n) is 36.2. The average Bonchev–Trinajstić information content (AvgIpc) is 3.30. The maximum absolute atomic E-state index is 14.4. The largest absolute Gasteiger partial charge is 0.475 e. The minimum atomic E-state index is -4.37. The molecule has 0 aromatic heterocycles. The molecule has 334 valence electrons. The first-order valence-corrected chi connectivity index (χ1v) is 25.2. The van der Waals surface area contributed by atoms with Crippen molar-refractivity contribution in [3.63, 3.8) is 0 Å². The number of hydrogen-bond acceptors (Lipinski definition) is 10. The van der Waals surface area contributed by atoms with Crippen LogP contribution in [-0.2, 0) is 72.2 Å². The SMILES string of the molecule is CCCCCCCCCCCCCCCCCC(=O)OCC(COP(=O)(OCc1ccccc1)OCc1ccccc1)OP(=O)(OCc1ccccc1)OCc1ccccc1. The molecule has 12 heteroatoms. The van der Waals surface area contributed by atoms with Crippen LogP contribution in [0.5, 0.6) is 0 Å². The number of carbonyl (C=O) groups is 1. The lowest BCUT2D eigenvalue weighted by Crippen LogP contribution is -2.27. The number of unbranched alkanes of at least 4 members (excludes halogenated alkanes) is 14. The fraction of sp³-hybridized carbons (Fsp3) is 0.490. The van der Waals surface area contributed by atoms with Crippen molar-refractivity contribution in [2.45, 2.75) is 142 Å². The Morgan fingerprint density at radius 1 is 0.426 bits per heavy atom. The molecule has 0 radical (unpaired) electrons. The number of hydrogen-bond donors (Lipinski definition) is 0. The van der Waals surface area contributed by atoms with Crippen LogP contribution in [0, 0.1) is 0 Å². The van der Waals surface area contributed by atoms with E-state index in [0.29, 0.717) is 6.42 Å². The van der Waals surface area contributed by atoms with E-state index in [1.54, 1.807) is 0 Å². The molecule has 1 atom stereocenters. The molecular weight excluding hydrogens is 810 g/mol. The van der Waals surface area contributed by atoms with Gasteiger partial charge >= 0.3 is 21.6 Å². The van der Waals surface area contributed by atoms with Gasteiger partial charge in [-0.2, -0.15) is 0 Å². The van der Waals surface area contributed by atoms with E-state index in [1.807, 2.05) is 121 Å². The molecule has 10 nitrogen and oxygen atoms in total. The van der Waals surface area contributed by atoms with Crippen LogP contribution in [0.15, 0.2) is 121 Å². The van der Waals surface area contributed by atoms with E-state index in [4.69, 9.17) is 31.9 Å². The highest BCUT2D eigenvalue weighted by Crippen LogP contribution is 2.54.